The highest BCUT2D eigenvalue weighted by Gasteiger charge is 2.28. The van der Waals surface area contributed by atoms with Gasteiger partial charge in [0.15, 0.2) is 0 Å². The van der Waals surface area contributed by atoms with Crippen molar-refractivity contribution in [1.29, 1.82) is 0 Å². The van der Waals surface area contributed by atoms with Crippen LogP contribution in [-0.4, -0.2) is 67.7 Å². The van der Waals surface area contributed by atoms with Crippen molar-refractivity contribution in [1.82, 2.24) is 15.5 Å². The number of halogens is 3. The van der Waals surface area contributed by atoms with Crippen LogP contribution in [0.5, 0.6) is 5.75 Å². The molecule has 42 heavy (non-hydrogen) atoms. The molecule has 0 spiro atoms. The van der Waals surface area contributed by atoms with Crippen LogP contribution in [0.2, 0.25) is 5.02 Å². The maximum Gasteiger partial charge on any atom is 0.227 e. The molecule has 2 amide bonds. The molecule has 1 aliphatic rings. The highest BCUT2D eigenvalue weighted by atomic mass is 35.5. The average molecular weight is 627 g/mol. The van der Waals surface area contributed by atoms with Crippen LogP contribution in [0.3, 0.4) is 0 Å². The van der Waals surface area contributed by atoms with Crippen molar-refractivity contribution in [3.8, 4) is 16.9 Å². The molecule has 0 aromatic heterocycles. The fourth-order valence-corrected chi connectivity index (χ4v) is 5.45. The number of hydrogen-bond donors (Lipinski definition) is 2. The second-order valence-electron chi connectivity index (χ2n) is 12.0. The van der Waals surface area contributed by atoms with Crippen molar-refractivity contribution < 1.29 is 23.5 Å². The van der Waals surface area contributed by atoms with Crippen molar-refractivity contribution >= 4 is 35.8 Å². The molecule has 1 atom stereocenters. The SMILES string of the molecule is COCCCOc1cc(CC(=O)N(C(C)C)[C@@H]2CCCNC2)c(Cl)cc1-c1cc(CC(=O)NC(C)(C)C)ccc1F.Cl. The van der Waals surface area contributed by atoms with Gasteiger partial charge >= 0.3 is 0 Å². The quantitative estimate of drug-likeness (QED) is 0.284. The van der Waals surface area contributed by atoms with Crippen LogP contribution in [0.1, 0.15) is 65.0 Å². The van der Waals surface area contributed by atoms with Gasteiger partial charge in [-0.15, -0.1) is 12.4 Å². The predicted molar refractivity (Wildman–Crippen MR) is 169 cm³/mol. The first-order valence-electron chi connectivity index (χ1n) is 14.5. The number of piperidine rings is 1. The second-order valence-corrected chi connectivity index (χ2v) is 12.4. The van der Waals surface area contributed by atoms with E-state index in [9.17, 15) is 9.59 Å². The minimum Gasteiger partial charge on any atom is -0.493 e. The van der Waals surface area contributed by atoms with Crippen molar-refractivity contribution in [2.24, 2.45) is 0 Å². The number of methoxy groups -OCH3 is 1. The van der Waals surface area contributed by atoms with Crippen LogP contribution in [0.25, 0.3) is 11.1 Å². The van der Waals surface area contributed by atoms with E-state index >= 15 is 4.39 Å². The van der Waals surface area contributed by atoms with Crippen LogP contribution in [0.4, 0.5) is 4.39 Å². The summed E-state index contributed by atoms with van der Waals surface area (Å²) in [4.78, 5) is 28.0. The molecule has 1 fully saturated rings. The van der Waals surface area contributed by atoms with Gasteiger partial charge in [-0.25, -0.2) is 4.39 Å². The van der Waals surface area contributed by atoms with E-state index in [1.807, 2.05) is 39.5 Å². The zero-order chi connectivity index (χ0) is 30.2. The van der Waals surface area contributed by atoms with Gasteiger partial charge in [-0.2, -0.15) is 0 Å². The number of ether oxygens (including phenoxy) is 2. The van der Waals surface area contributed by atoms with Gasteiger partial charge in [-0.3, -0.25) is 9.59 Å². The molecule has 1 aliphatic heterocycles. The van der Waals surface area contributed by atoms with Gasteiger partial charge < -0.3 is 25.0 Å². The molecule has 7 nitrogen and oxygen atoms in total. The Balaban J connectivity index is 0.00000616. The summed E-state index contributed by atoms with van der Waals surface area (Å²) >= 11 is 6.75. The molecule has 10 heteroatoms. The lowest BCUT2D eigenvalue weighted by molar-refractivity contribution is -0.135. The molecule has 3 rings (SSSR count). The Kier molecular flexibility index (Phi) is 14.0. The Labute approximate surface area is 261 Å². The first-order chi connectivity index (χ1) is 19.4. The molecule has 0 bridgehead atoms. The number of carbonyl (C=O) groups is 2. The number of hydrogen-bond acceptors (Lipinski definition) is 5. The third-order valence-corrected chi connectivity index (χ3v) is 7.30. The predicted octanol–water partition coefficient (Wildman–Crippen LogP) is 5.97. The fourth-order valence-electron chi connectivity index (χ4n) is 5.22. The molecule has 2 aromatic rings. The maximum absolute atomic E-state index is 15.2. The largest absolute Gasteiger partial charge is 0.493 e. The number of carbonyl (C=O) groups excluding carboxylic acids is 2. The van der Waals surface area contributed by atoms with Gasteiger partial charge in [0.1, 0.15) is 11.6 Å². The van der Waals surface area contributed by atoms with Gasteiger partial charge in [0.2, 0.25) is 11.8 Å². The van der Waals surface area contributed by atoms with Gasteiger partial charge in [0.25, 0.3) is 0 Å². The first-order valence-corrected chi connectivity index (χ1v) is 14.8. The number of nitrogens with zero attached hydrogens (tertiary/aromatic N) is 1. The minimum atomic E-state index is -0.456. The van der Waals surface area contributed by atoms with E-state index in [0.717, 1.165) is 25.9 Å². The van der Waals surface area contributed by atoms with E-state index in [4.69, 9.17) is 21.1 Å². The third-order valence-electron chi connectivity index (χ3n) is 6.95. The topological polar surface area (TPSA) is 79.9 Å². The zero-order valence-electron chi connectivity index (χ0n) is 25.6. The summed E-state index contributed by atoms with van der Waals surface area (Å²) in [5.41, 5.74) is 1.67. The van der Waals surface area contributed by atoms with Crippen LogP contribution in [0.15, 0.2) is 30.3 Å². The highest BCUT2D eigenvalue weighted by molar-refractivity contribution is 6.32. The molecule has 2 N–H and O–H groups in total. The van der Waals surface area contributed by atoms with Gasteiger partial charge in [0.05, 0.1) is 19.4 Å². The lowest BCUT2D eigenvalue weighted by Gasteiger charge is -2.37. The van der Waals surface area contributed by atoms with Crippen molar-refractivity contribution in [3.63, 3.8) is 0 Å². The van der Waals surface area contributed by atoms with Crippen molar-refractivity contribution in [2.75, 3.05) is 33.4 Å². The fraction of sp³-hybridized carbons (Fsp3) is 0.562. The molecule has 0 aliphatic carbocycles. The molecule has 2 aromatic carbocycles. The summed E-state index contributed by atoms with van der Waals surface area (Å²) in [6.07, 6.45) is 2.84. The third kappa shape index (κ3) is 10.4. The van der Waals surface area contributed by atoms with E-state index in [0.29, 0.717) is 47.1 Å². The molecule has 0 radical (unpaired) electrons. The molecule has 234 valence electrons. The highest BCUT2D eigenvalue weighted by Crippen LogP contribution is 2.37. The average Bonchev–Trinajstić information content (AvgIpc) is 2.88. The summed E-state index contributed by atoms with van der Waals surface area (Å²) in [7, 11) is 1.62. The molecule has 1 heterocycles. The number of amides is 2. The molecular weight excluding hydrogens is 580 g/mol. The van der Waals surface area contributed by atoms with Crippen LogP contribution < -0.4 is 15.4 Å². The summed E-state index contributed by atoms with van der Waals surface area (Å²) in [6, 6.07) is 8.21. The summed E-state index contributed by atoms with van der Waals surface area (Å²) in [5, 5.41) is 6.69. The Hall–Kier alpha value is -2.39. The monoisotopic (exact) mass is 625 g/mol. The molecule has 1 saturated heterocycles. The summed E-state index contributed by atoms with van der Waals surface area (Å²) < 4.78 is 26.5. The molecule has 0 unspecified atom stereocenters. The van der Waals surface area contributed by atoms with Gasteiger partial charge in [0, 0.05) is 60.5 Å². The van der Waals surface area contributed by atoms with E-state index < -0.39 is 5.82 Å². The molecule has 0 saturated carbocycles. The number of rotatable bonds is 12. The van der Waals surface area contributed by atoms with E-state index in [1.54, 1.807) is 31.4 Å². The standard InChI is InChI=1S/C32H45ClFN3O4.ClH/c1-21(2)37(24-9-7-12-35-20-24)31(39)18-23-17-29(41-14-8-13-40-6)26(19-27(23)33)25-15-22(10-11-28(25)34)16-30(38)36-32(3,4)5;/h10-11,15,17,19,21,24,35H,7-9,12-14,16,18,20H2,1-6H3,(H,36,38);1H/t24-;/m1./s1. The Morgan fingerprint density at radius 3 is 2.50 bits per heavy atom. The lowest BCUT2D eigenvalue weighted by atomic mass is 9.97. The zero-order valence-corrected chi connectivity index (χ0v) is 27.2. The smallest absolute Gasteiger partial charge is 0.227 e. The summed E-state index contributed by atoms with van der Waals surface area (Å²) in [6.45, 7) is 12.4. The van der Waals surface area contributed by atoms with Crippen LogP contribution in [0, 0.1) is 5.82 Å². The first kappa shape index (κ1) is 35.8. The van der Waals surface area contributed by atoms with Crippen molar-refractivity contribution in [2.45, 2.75) is 84.3 Å². The Morgan fingerprint density at radius 2 is 1.88 bits per heavy atom. The van der Waals surface area contributed by atoms with Crippen LogP contribution >= 0.6 is 24.0 Å². The summed E-state index contributed by atoms with van der Waals surface area (Å²) in [5.74, 6) is -0.186. The Bertz CT molecular complexity index is 1200. The van der Waals surface area contributed by atoms with E-state index in [-0.39, 0.29) is 60.2 Å². The lowest BCUT2D eigenvalue weighted by Crippen LogP contribution is -2.52. The maximum atomic E-state index is 15.2. The van der Waals surface area contributed by atoms with E-state index in [1.165, 1.54) is 6.07 Å². The number of nitrogens with one attached hydrogen (secondary N) is 2. The molecular formula is C32H46Cl2FN3O4. The van der Waals surface area contributed by atoms with Crippen molar-refractivity contribution in [3.05, 3.63) is 52.3 Å². The van der Waals surface area contributed by atoms with Crippen LogP contribution in [-0.2, 0) is 27.2 Å². The van der Waals surface area contributed by atoms with Gasteiger partial charge in [-0.05, 0) is 89.4 Å². The second kappa shape index (κ2) is 16.5. The van der Waals surface area contributed by atoms with Gasteiger partial charge in [-0.1, -0.05) is 17.7 Å². The normalized spacial score (nSPS) is 15.2. The Morgan fingerprint density at radius 1 is 1.14 bits per heavy atom. The minimum absolute atomic E-state index is 0. The van der Waals surface area contributed by atoms with E-state index in [2.05, 4.69) is 10.6 Å². The number of benzene rings is 2.